The molecule has 0 bridgehead atoms. The van der Waals surface area contributed by atoms with Gasteiger partial charge in [0, 0.05) is 19.2 Å². The minimum atomic E-state index is 0.780. The minimum absolute atomic E-state index is 0.780. The number of rotatable bonds is 2. The third-order valence-electron chi connectivity index (χ3n) is 2.94. The number of anilines is 1. The standard InChI is InChI=1S/C11H14N4O/c1-8-12-11-6-10(16-2)9(7-15(11)13-8)14-4-3-5-14/h6-7H,3-5H2,1-2H3. The molecule has 3 rings (SSSR count). The lowest BCUT2D eigenvalue weighted by Gasteiger charge is -2.33. The molecule has 0 N–H and O–H groups in total. The van der Waals surface area contributed by atoms with E-state index in [-0.39, 0.29) is 0 Å². The van der Waals surface area contributed by atoms with Crippen LogP contribution < -0.4 is 9.64 Å². The lowest BCUT2D eigenvalue weighted by atomic mass is 10.2. The molecule has 5 nitrogen and oxygen atoms in total. The molecule has 5 heteroatoms. The number of nitrogens with zero attached hydrogens (tertiary/aromatic N) is 4. The summed E-state index contributed by atoms with van der Waals surface area (Å²) in [6.45, 7) is 4.08. The van der Waals surface area contributed by atoms with Gasteiger partial charge in [0.05, 0.1) is 19.0 Å². The maximum absolute atomic E-state index is 5.40. The molecule has 0 saturated carbocycles. The van der Waals surface area contributed by atoms with Gasteiger partial charge in [0.2, 0.25) is 0 Å². The first-order valence-corrected chi connectivity index (χ1v) is 5.44. The molecule has 1 saturated heterocycles. The number of pyridine rings is 1. The third kappa shape index (κ3) is 1.31. The quantitative estimate of drug-likeness (QED) is 0.761. The van der Waals surface area contributed by atoms with Crippen LogP contribution in [0.3, 0.4) is 0 Å². The van der Waals surface area contributed by atoms with Gasteiger partial charge in [-0.1, -0.05) is 0 Å². The van der Waals surface area contributed by atoms with E-state index in [1.54, 1.807) is 7.11 Å². The Morgan fingerprint density at radius 3 is 2.81 bits per heavy atom. The number of methoxy groups -OCH3 is 1. The van der Waals surface area contributed by atoms with Crippen molar-refractivity contribution in [1.82, 2.24) is 14.6 Å². The molecule has 2 aromatic heterocycles. The smallest absolute Gasteiger partial charge is 0.159 e. The summed E-state index contributed by atoms with van der Waals surface area (Å²) in [5, 5.41) is 4.31. The fourth-order valence-electron chi connectivity index (χ4n) is 1.97. The summed E-state index contributed by atoms with van der Waals surface area (Å²) in [5.74, 6) is 1.66. The van der Waals surface area contributed by atoms with Crippen molar-refractivity contribution in [3.05, 3.63) is 18.1 Å². The maximum Gasteiger partial charge on any atom is 0.159 e. The molecule has 0 spiro atoms. The molecule has 0 unspecified atom stereocenters. The second-order valence-electron chi connectivity index (χ2n) is 4.03. The summed E-state index contributed by atoms with van der Waals surface area (Å²) in [6, 6.07) is 1.94. The van der Waals surface area contributed by atoms with Gasteiger partial charge >= 0.3 is 0 Å². The van der Waals surface area contributed by atoms with Gasteiger partial charge in [0.25, 0.3) is 0 Å². The Hall–Kier alpha value is -1.78. The number of ether oxygens (including phenoxy) is 1. The van der Waals surface area contributed by atoms with Gasteiger partial charge in [0.15, 0.2) is 5.65 Å². The summed E-state index contributed by atoms with van der Waals surface area (Å²) in [4.78, 5) is 6.61. The zero-order chi connectivity index (χ0) is 11.1. The molecule has 16 heavy (non-hydrogen) atoms. The van der Waals surface area contributed by atoms with E-state index in [4.69, 9.17) is 4.74 Å². The lowest BCUT2D eigenvalue weighted by Crippen LogP contribution is -2.37. The highest BCUT2D eigenvalue weighted by atomic mass is 16.5. The van der Waals surface area contributed by atoms with Crippen LogP contribution in [0, 0.1) is 6.92 Å². The van der Waals surface area contributed by atoms with Crippen LogP contribution in [0.5, 0.6) is 5.75 Å². The Labute approximate surface area is 93.6 Å². The maximum atomic E-state index is 5.40. The van der Waals surface area contributed by atoms with Crippen molar-refractivity contribution < 1.29 is 4.74 Å². The lowest BCUT2D eigenvalue weighted by molar-refractivity contribution is 0.411. The molecular formula is C11H14N4O. The van der Waals surface area contributed by atoms with E-state index >= 15 is 0 Å². The summed E-state index contributed by atoms with van der Waals surface area (Å²) in [6.07, 6.45) is 3.24. The highest BCUT2D eigenvalue weighted by molar-refractivity contribution is 5.63. The Bertz CT molecular complexity index is 530. The van der Waals surface area contributed by atoms with E-state index in [1.165, 1.54) is 6.42 Å². The minimum Gasteiger partial charge on any atom is -0.494 e. The fraction of sp³-hybridized carbons (Fsp3) is 0.455. The van der Waals surface area contributed by atoms with Crippen LogP contribution in [0.4, 0.5) is 5.69 Å². The number of hydrogen-bond donors (Lipinski definition) is 0. The first kappa shape index (κ1) is 9.45. The van der Waals surface area contributed by atoms with E-state index in [9.17, 15) is 0 Å². The van der Waals surface area contributed by atoms with E-state index in [0.717, 1.165) is 36.0 Å². The second-order valence-corrected chi connectivity index (χ2v) is 4.03. The van der Waals surface area contributed by atoms with Crippen LogP contribution in [-0.4, -0.2) is 34.8 Å². The van der Waals surface area contributed by atoms with Crippen molar-refractivity contribution in [2.24, 2.45) is 0 Å². The average Bonchev–Trinajstić information content (AvgIpc) is 2.53. The SMILES string of the molecule is COc1cc2nc(C)nn2cc1N1CCC1. The Balaban J connectivity index is 2.16. The van der Waals surface area contributed by atoms with Crippen LogP contribution in [0.2, 0.25) is 0 Å². The monoisotopic (exact) mass is 218 g/mol. The number of aromatic nitrogens is 3. The van der Waals surface area contributed by atoms with Crippen LogP contribution in [0.15, 0.2) is 12.3 Å². The third-order valence-corrected chi connectivity index (χ3v) is 2.94. The Morgan fingerprint density at radius 1 is 1.38 bits per heavy atom. The van der Waals surface area contributed by atoms with Crippen molar-refractivity contribution in [2.75, 3.05) is 25.1 Å². The number of aryl methyl sites for hydroxylation is 1. The van der Waals surface area contributed by atoms with E-state index < -0.39 is 0 Å². The average molecular weight is 218 g/mol. The first-order valence-electron chi connectivity index (χ1n) is 5.44. The zero-order valence-corrected chi connectivity index (χ0v) is 9.47. The van der Waals surface area contributed by atoms with Gasteiger partial charge in [-0.2, -0.15) is 5.10 Å². The van der Waals surface area contributed by atoms with Gasteiger partial charge in [0.1, 0.15) is 11.6 Å². The molecule has 1 aliphatic heterocycles. The summed E-state index contributed by atoms with van der Waals surface area (Å²) < 4.78 is 7.21. The van der Waals surface area contributed by atoms with Gasteiger partial charge < -0.3 is 9.64 Å². The zero-order valence-electron chi connectivity index (χ0n) is 9.47. The topological polar surface area (TPSA) is 42.7 Å². The molecule has 0 aromatic carbocycles. The van der Waals surface area contributed by atoms with E-state index in [0.29, 0.717) is 0 Å². The molecule has 0 atom stereocenters. The highest BCUT2D eigenvalue weighted by Gasteiger charge is 2.19. The van der Waals surface area contributed by atoms with Crippen molar-refractivity contribution in [1.29, 1.82) is 0 Å². The van der Waals surface area contributed by atoms with Crippen molar-refractivity contribution >= 4 is 11.3 Å². The van der Waals surface area contributed by atoms with Crippen LogP contribution in [-0.2, 0) is 0 Å². The number of fused-ring (bicyclic) bond motifs is 1. The molecular weight excluding hydrogens is 204 g/mol. The molecule has 1 aliphatic rings. The predicted octanol–water partition coefficient (Wildman–Crippen LogP) is 1.26. The normalized spacial score (nSPS) is 15.2. The molecule has 2 aromatic rings. The molecule has 3 heterocycles. The fourth-order valence-corrected chi connectivity index (χ4v) is 1.97. The second kappa shape index (κ2) is 3.37. The molecule has 0 aliphatic carbocycles. The highest BCUT2D eigenvalue weighted by Crippen LogP contribution is 2.31. The van der Waals surface area contributed by atoms with Gasteiger partial charge in [-0.25, -0.2) is 9.50 Å². The summed E-state index contributed by atoms with van der Waals surface area (Å²) in [7, 11) is 1.69. The van der Waals surface area contributed by atoms with Crippen LogP contribution in [0.1, 0.15) is 12.2 Å². The van der Waals surface area contributed by atoms with E-state index in [2.05, 4.69) is 15.0 Å². The van der Waals surface area contributed by atoms with Gasteiger partial charge in [-0.15, -0.1) is 0 Å². The van der Waals surface area contributed by atoms with Crippen molar-refractivity contribution in [2.45, 2.75) is 13.3 Å². The molecule has 0 radical (unpaired) electrons. The Morgan fingerprint density at radius 2 is 2.19 bits per heavy atom. The number of hydrogen-bond acceptors (Lipinski definition) is 4. The summed E-state index contributed by atoms with van der Waals surface area (Å²) in [5.41, 5.74) is 1.93. The largest absolute Gasteiger partial charge is 0.494 e. The van der Waals surface area contributed by atoms with Crippen LogP contribution >= 0.6 is 0 Å². The first-order chi connectivity index (χ1) is 7.78. The van der Waals surface area contributed by atoms with Crippen molar-refractivity contribution in [3.8, 4) is 5.75 Å². The molecule has 1 fully saturated rings. The van der Waals surface area contributed by atoms with Gasteiger partial charge in [-0.05, 0) is 13.3 Å². The molecule has 84 valence electrons. The summed E-state index contributed by atoms with van der Waals surface area (Å²) >= 11 is 0. The molecule has 0 amide bonds. The van der Waals surface area contributed by atoms with Gasteiger partial charge in [-0.3, -0.25) is 0 Å². The van der Waals surface area contributed by atoms with Crippen molar-refractivity contribution in [3.63, 3.8) is 0 Å². The predicted molar refractivity (Wildman–Crippen MR) is 61.1 cm³/mol. The Kier molecular flexibility index (Phi) is 1.99. The van der Waals surface area contributed by atoms with E-state index in [1.807, 2.05) is 23.7 Å². The van der Waals surface area contributed by atoms with Crippen LogP contribution in [0.25, 0.3) is 5.65 Å².